The van der Waals surface area contributed by atoms with Crippen molar-refractivity contribution in [3.05, 3.63) is 54.6 Å². The Morgan fingerprint density at radius 1 is 1.05 bits per heavy atom. The van der Waals surface area contributed by atoms with Gasteiger partial charge in [-0.1, -0.05) is 22.7 Å². The summed E-state index contributed by atoms with van der Waals surface area (Å²) >= 11 is 5.22. The first-order chi connectivity index (χ1) is 10.5. The Hall–Kier alpha value is -2.25. The Morgan fingerprint density at radius 3 is 2.27 bits per heavy atom. The van der Waals surface area contributed by atoms with E-state index < -0.39 is 15.3 Å². The van der Waals surface area contributed by atoms with Gasteiger partial charge in [0.2, 0.25) is 5.24 Å². The summed E-state index contributed by atoms with van der Waals surface area (Å²) < 4.78 is 27.3. The third-order valence-electron chi connectivity index (χ3n) is 2.60. The van der Waals surface area contributed by atoms with Crippen LogP contribution in [0.2, 0.25) is 0 Å². The summed E-state index contributed by atoms with van der Waals surface area (Å²) in [5.41, 5.74) is 1.04. The van der Waals surface area contributed by atoms with E-state index in [0.717, 1.165) is 0 Å². The van der Waals surface area contributed by atoms with Crippen molar-refractivity contribution in [2.24, 2.45) is 9.63 Å². The predicted molar refractivity (Wildman–Crippen MR) is 83.9 cm³/mol. The van der Waals surface area contributed by atoms with E-state index >= 15 is 0 Å². The molecule has 0 aromatic heterocycles. The molecule has 0 heterocycles. The summed E-state index contributed by atoms with van der Waals surface area (Å²) in [5.74, 6) is 0. The van der Waals surface area contributed by atoms with Gasteiger partial charge in [0.15, 0.2) is 0 Å². The second-order valence-corrected chi connectivity index (χ2v) is 6.23. The minimum Gasteiger partial charge on any atom is -0.377 e. The summed E-state index contributed by atoms with van der Waals surface area (Å²) in [6.07, 6.45) is 0. The van der Waals surface area contributed by atoms with Crippen LogP contribution in [0.25, 0.3) is 0 Å². The van der Waals surface area contributed by atoms with E-state index in [0.29, 0.717) is 11.4 Å². The smallest absolute Gasteiger partial charge is 0.299 e. The summed E-state index contributed by atoms with van der Waals surface area (Å²) in [7, 11) is -3.81. The lowest BCUT2D eigenvalue weighted by molar-refractivity contribution is -0.110. The molecule has 0 bridgehead atoms. The van der Waals surface area contributed by atoms with Crippen LogP contribution in [-0.2, 0) is 14.8 Å². The van der Waals surface area contributed by atoms with Crippen LogP contribution in [0.4, 0.5) is 11.4 Å². The van der Waals surface area contributed by atoms with Gasteiger partial charge in [0.1, 0.15) is 0 Å². The third kappa shape index (κ3) is 4.64. The second-order valence-electron chi connectivity index (χ2n) is 4.23. The fourth-order valence-corrected chi connectivity index (χ4v) is 2.42. The van der Waals surface area contributed by atoms with E-state index in [1.807, 2.05) is 0 Å². The van der Waals surface area contributed by atoms with Crippen molar-refractivity contribution in [1.29, 1.82) is 0 Å². The van der Waals surface area contributed by atoms with E-state index in [9.17, 15) is 13.2 Å². The summed E-state index contributed by atoms with van der Waals surface area (Å²) in [4.78, 5) is 10.7. The van der Waals surface area contributed by atoms with Crippen molar-refractivity contribution in [2.45, 2.75) is 4.90 Å². The fraction of sp³-hybridized carbons (Fsp3) is 0.0714. The molecule has 0 fully saturated rings. The molecular weight excluding hydrogens is 326 g/mol. The predicted octanol–water partition coefficient (Wildman–Crippen LogP) is 3.34. The van der Waals surface area contributed by atoms with Gasteiger partial charge in [0.05, 0.1) is 17.1 Å². The number of hydrogen-bond donors (Lipinski definition) is 1. The quantitative estimate of drug-likeness (QED) is 0.646. The molecule has 0 saturated heterocycles. The maximum absolute atomic E-state index is 11.9. The molecule has 1 N–H and O–H groups in total. The van der Waals surface area contributed by atoms with E-state index in [1.54, 1.807) is 42.5 Å². The first-order valence-electron chi connectivity index (χ1n) is 6.23. The monoisotopic (exact) mass is 337 g/mol. The molecule has 0 atom stereocenters. The molecule has 114 valence electrons. The normalized spacial score (nSPS) is 11.5. The van der Waals surface area contributed by atoms with Crippen molar-refractivity contribution in [1.82, 2.24) is 0 Å². The summed E-state index contributed by atoms with van der Waals surface area (Å²) in [6, 6.07) is 14.3. The van der Waals surface area contributed by atoms with Crippen molar-refractivity contribution in [3.8, 4) is 0 Å². The Balaban J connectivity index is 2.09. The molecule has 0 spiro atoms. The van der Waals surface area contributed by atoms with Gasteiger partial charge in [0.25, 0.3) is 10.0 Å². The average molecular weight is 338 g/mol. The van der Waals surface area contributed by atoms with Gasteiger partial charge in [0, 0.05) is 5.69 Å². The maximum Gasteiger partial charge on any atom is 0.299 e. The van der Waals surface area contributed by atoms with E-state index in [-0.39, 0.29) is 11.4 Å². The van der Waals surface area contributed by atoms with Crippen LogP contribution in [0.1, 0.15) is 0 Å². The van der Waals surface area contributed by atoms with E-state index in [1.165, 1.54) is 12.1 Å². The minimum absolute atomic E-state index is 0.00477. The van der Waals surface area contributed by atoms with Gasteiger partial charge >= 0.3 is 0 Å². The first kappa shape index (κ1) is 16.1. The largest absolute Gasteiger partial charge is 0.377 e. The van der Waals surface area contributed by atoms with Crippen LogP contribution in [-0.4, -0.2) is 20.2 Å². The Kier molecular flexibility index (Phi) is 5.24. The molecule has 6 nitrogen and oxygen atoms in total. The SMILES string of the molecule is O=C(Cl)CNc1ccc(N=NS(=O)(=O)c2ccccc2)cc1. The Morgan fingerprint density at radius 2 is 1.68 bits per heavy atom. The van der Waals surface area contributed by atoms with Gasteiger partial charge in [-0.2, -0.15) is 8.42 Å². The number of carbonyl (C=O) groups is 1. The molecule has 2 aromatic carbocycles. The lowest BCUT2D eigenvalue weighted by Gasteiger charge is -2.02. The zero-order valence-electron chi connectivity index (χ0n) is 11.3. The number of halogens is 1. The standard InChI is InChI=1S/C14H12ClN3O3S/c15-14(19)10-16-11-6-8-12(9-7-11)17-18-22(20,21)13-4-2-1-3-5-13/h1-9,16H,10H2. The fourth-order valence-electron chi connectivity index (χ4n) is 1.56. The summed E-state index contributed by atoms with van der Waals surface area (Å²) in [5, 5.41) is 6.00. The molecule has 0 radical (unpaired) electrons. The van der Waals surface area contributed by atoms with Crippen LogP contribution < -0.4 is 5.32 Å². The summed E-state index contributed by atoms with van der Waals surface area (Å²) in [6.45, 7) is 0.00477. The second kappa shape index (κ2) is 7.15. The maximum atomic E-state index is 11.9. The molecule has 0 aliphatic heterocycles. The Bertz CT molecular complexity index is 775. The van der Waals surface area contributed by atoms with E-state index in [2.05, 4.69) is 15.0 Å². The van der Waals surface area contributed by atoms with Crippen LogP contribution in [0.5, 0.6) is 0 Å². The van der Waals surface area contributed by atoms with Crippen molar-refractivity contribution < 1.29 is 13.2 Å². The topological polar surface area (TPSA) is 88.0 Å². The average Bonchev–Trinajstić information content (AvgIpc) is 2.53. The number of anilines is 1. The van der Waals surface area contributed by atoms with Crippen LogP contribution >= 0.6 is 11.6 Å². The highest BCUT2D eigenvalue weighted by molar-refractivity contribution is 7.90. The molecule has 0 amide bonds. The van der Waals surface area contributed by atoms with Crippen LogP contribution in [0, 0.1) is 0 Å². The number of sulfonamides is 1. The molecule has 8 heteroatoms. The number of nitrogens with one attached hydrogen (secondary N) is 1. The molecule has 0 aliphatic carbocycles. The number of nitrogens with zero attached hydrogens (tertiary/aromatic N) is 2. The van der Waals surface area contributed by atoms with Gasteiger partial charge in [-0.15, -0.1) is 5.11 Å². The molecule has 2 rings (SSSR count). The minimum atomic E-state index is -3.81. The third-order valence-corrected chi connectivity index (χ3v) is 3.90. The molecule has 2 aromatic rings. The van der Waals surface area contributed by atoms with Crippen molar-refractivity contribution in [3.63, 3.8) is 0 Å². The first-order valence-corrected chi connectivity index (χ1v) is 8.04. The molecule has 22 heavy (non-hydrogen) atoms. The highest BCUT2D eigenvalue weighted by Gasteiger charge is 2.11. The number of benzene rings is 2. The van der Waals surface area contributed by atoms with E-state index in [4.69, 9.17) is 11.6 Å². The number of hydrogen-bond acceptors (Lipinski definition) is 5. The molecule has 0 aliphatic rings. The number of rotatable bonds is 6. The number of carbonyl (C=O) groups excluding carboxylic acids is 1. The molecule has 0 saturated carbocycles. The van der Waals surface area contributed by atoms with Crippen molar-refractivity contribution in [2.75, 3.05) is 11.9 Å². The molecule has 0 unspecified atom stereocenters. The van der Waals surface area contributed by atoms with Crippen LogP contribution in [0.3, 0.4) is 0 Å². The van der Waals surface area contributed by atoms with Crippen LogP contribution in [0.15, 0.2) is 69.1 Å². The van der Waals surface area contributed by atoms with Gasteiger partial charge in [-0.05, 0) is 48.0 Å². The molecular formula is C14H12ClN3O3S. The Labute approximate surface area is 132 Å². The highest BCUT2D eigenvalue weighted by Crippen LogP contribution is 2.19. The van der Waals surface area contributed by atoms with Crippen molar-refractivity contribution >= 4 is 38.2 Å². The van der Waals surface area contributed by atoms with Gasteiger partial charge in [-0.3, -0.25) is 4.79 Å². The van der Waals surface area contributed by atoms with Gasteiger partial charge in [-0.25, -0.2) is 0 Å². The lowest BCUT2D eigenvalue weighted by atomic mass is 10.3. The zero-order chi connectivity index (χ0) is 16.0. The lowest BCUT2D eigenvalue weighted by Crippen LogP contribution is -2.07. The highest BCUT2D eigenvalue weighted by atomic mass is 35.5. The zero-order valence-corrected chi connectivity index (χ0v) is 12.9. The van der Waals surface area contributed by atoms with Gasteiger partial charge < -0.3 is 5.32 Å².